The maximum absolute atomic E-state index is 12.7. The highest BCUT2D eigenvalue weighted by atomic mass is 16.5. The van der Waals surface area contributed by atoms with Crippen LogP contribution in [0.5, 0.6) is 5.75 Å². The zero-order valence-electron chi connectivity index (χ0n) is 15.9. The van der Waals surface area contributed by atoms with Crippen LogP contribution in [0.2, 0.25) is 0 Å². The van der Waals surface area contributed by atoms with Gasteiger partial charge in [-0.2, -0.15) is 0 Å². The number of nitrogens with one attached hydrogen (secondary N) is 1. The SMILES string of the molecule is C[C@H]1CCC[C@H](C)N1C(=O)COc1ccccc1C(=O)NC1CCCC1. The first-order chi connectivity index (χ1) is 12.6. The van der Waals surface area contributed by atoms with Gasteiger partial charge in [-0.15, -0.1) is 0 Å². The molecule has 0 unspecified atom stereocenters. The Labute approximate surface area is 156 Å². The molecule has 1 aromatic carbocycles. The Kier molecular flexibility index (Phi) is 6.17. The molecular weight excluding hydrogens is 328 g/mol. The number of benzene rings is 1. The number of para-hydroxylation sites is 1. The van der Waals surface area contributed by atoms with Crippen molar-refractivity contribution in [3.8, 4) is 5.75 Å². The average molecular weight is 358 g/mol. The molecule has 5 nitrogen and oxygen atoms in total. The lowest BCUT2D eigenvalue weighted by molar-refractivity contribution is -0.139. The first-order valence-electron chi connectivity index (χ1n) is 9.90. The summed E-state index contributed by atoms with van der Waals surface area (Å²) in [5.41, 5.74) is 0.506. The Morgan fingerprint density at radius 2 is 1.69 bits per heavy atom. The van der Waals surface area contributed by atoms with Gasteiger partial charge >= 0.3 is 0 Å². The van der Waals surface area contributed by atoms with Crippen molar-refractivity contribution in [3.63, 3.8) is 0 Å². The maximum atomic E-state index is 12.7. The monoisotopic (exact) mass is 358 g/mol. The number of carbonyl (C=O) groups is 2. The molecular formula is C21H30N2O3. The highest BCUT2D eigenvalue weighted by Gasteiger charge is 2.29. The highest BCUT2D eigenvalue weighted by Crippen LogP contribution is 2.24. The molecule has 1 N–H and O–H groups in total. The quantitative estimate of drug-likeness (QED) is 0.876. The molecule has 2 amide bonds. The summed E-state index contributed by atoms with van der Waals surface area (Å²) < 4.78 is 5.78. The summed E-state index contributed by atoms with van der Waals surface area (Å²) in [4.78, 5) is 27.2. The predicted molar refractivity (Wildman–Crippen MR) is 101 cm³/mol. The molecule has 142 valence electrons. The van der Waals surface area contributed by atoms with Crippen molar-refractivity contribution in [1.29, 1.82) is 0 Å². The summed E-state index contributed by atoms with van der Waals surface area (Å²) in [5.74, 6) is 0.365. The minimum absolute atomic E-state index is 0.00398. The summed E-state index contributed by atoms with van der Waals surface area (Å²) in [6.07, 6.45) is 7.66. The topological polar surface area (TPSA) is 58.6 Å². The molecule has 3 rings (SSSR count). The number of nitrogens with zero attached hydrogens (tertiary/aromatic N) is 1. The van der Waals surface area contributed by atoms with Crippen molar-refractivity contribution in [2.45, 2.75) is 76.9 Å². The number of likely N-dealkylation sites (tertiary alicyclic amines) is 1. The molecule has 0 radical (unpaired) electrons. The van der Waals surface area contributed by atoms with Gasteiger partial charge in [0, 0.05) is 18.1 Å². The third-order valence-corrected chi connectivity index (χ3v) is 5.65. The Bertz CT molecular complexity index is 630. The Morgan fingerprint density at radius 3 is 2.38 bits per heavy atom. The largest absolute Gasteiger partial charge is 0.483 e. The highest BCUT2D eigenvalue weighted by molar-refractivity contribution is 5.97. The van der Waals surface area contributed by atoms with Crippen molar-refractivity contribution in [2.24, 2.45) is 0 Å². The van der Waals surface area contributed by atoms with E-state index >= 15 is 0 Å². The van der Waals surface area contributed by atoms with Crippen molar-refractivity contribution in [3.05, 3.63) is 29.8 Å². The lowest BCUT2D eigenvalue weighted by Gasteiger charge is -2.39. The van der Waals surface area contributed by atoms with Crippen LogP contribution >= 0.6 is 0 Å². The van der Waals surface area contributed by atoms with Gasteiger partial charge in [0.05, 0.1) is 5.56 Å². The van der Waals surface area contributed by atoms with Crippen LogP contribution in [0.3, 0.4) is 0 Å². The molecule has 2 fully saturated rings. The van der Waals surface area contributed by atoms with Crippen LogP contribution in [0.25, 0.3) is 0 Å². The summed E-state index contributed by atoms with van der Waals surface area (Å²) in [5, 5.41) is 3.09. The van der Waals surface area contributed by atoms with E-state index in [0.29, 0.717) is 11.3 Å². The van der Waals surface area contributed by atoms with Crippen LogP contribution < -0.4 is 10.1 Å². The standard InChI is InChI=1S/C21H30N2O3/c1-15-8-7-9-16(2)23(15)20(24)14-26-19-13-6-5-12-18(19)21(25)22-17-10-3-4-11-17/h5-6,12-13,15-17H,3-4,7-11,14H2,1-2H3,(H,22,25)/t15-,16-/m0/s1. The van der Waals surface area contributed by atoms with Crippen LogP contribution in [0.15, 0.2) is 24.3 Å². The van der Waals surface area contributed by atoms with Gasteiger partial charge in [-0.3, -0.25) is 9.59 Å². The van der Waals surface area contributed by atoms with Gasteiger partial charge in [-0.05, 0) is 58.1 Å². The minimum atomic E-state index is -0.111. The van der Waals surface area contributed by atoms with Crippen molar-refractivity contribution >= 4 is 11.8 Å². The number of carbonyl (C=O) groups excluding carboxylic acids is 2. The van der Waals surface area contributed by atoms with E-state index in [1.54, 1.807) is 12.1 Å². The molecule has 0 bridgehead atoms. The van der Waals surface area contributed by atoms with E-state index in [0.717, 1.165) is 32.1 Å². The first-order valence-corrected chi connectivity index (χ1v) is 9.90. The van der Waals surface area contributed by atoms with Gasteiger partial charge in [0.25, 0.3) is 11.8 Å². The third-order valence-electron chi connectivity index (χ3n) is 5.65. The number of hydrogen-bond acceptors (Lipinski definition) is 3. The second-order valence-electron chi connectivity index (χ2n) is 7.67. The molecule has 2 aliphatic rings. The van der Waals surface area contributed by atoms with E-state index < -0.39 is 0 Å². The Balaban J connectivity index is 1.62. The fourth-order valence-corrected chi connectivity index (χ4v) is 4.24. The lowest BCUT2D eigenvalue weighted by atomic mass is 9.97. The Morgan fingerprint density at radius 1 is 1.04 bits per heavy atom. The molecule has 5 heteroatoms. The number of piperidine rings is 1. The molecule has 0 aromatic heterocycles. The summed E-state index contributed by atoms with van der Waals surface area (Å²) >= 11 is 0. The molecule has 1 saturated carbocycles. The second kappa shape index (κ2) is 8.56. The molecule has 1 aromatic rings. The van der Waals surface area contributed by atoms with Crippen molar-refractivity contribution < 1.29 is 14.3 Å². The van der Waals surface area contributed by atoms with E-state index in [2.05, 4.69) is 19.2 Å². The van der Waals surface area contributed by atoms with Gasteiger partial charge in [-0.25, -0.2) is 0 Å². The number of hydrogen-bond donors (Lipinski definition) is 1. The number of ether oxygens (including phenoxy) is 1. The lowest BCUT2D eigenvalue weighted by Crippen LogP contribution is -2.49. The fourth-order valence-electron chi connectivity index (χ4n) is 4.24. The van der Waals surface area contributed by atoms with Crippen LogP contribution in [-0.2, 0) is 4.79 Å². The molecule has 0 spiro atoms. The molecule has 1 heterocycles. The summed E-state index contributed by atoms with van der Waals surface area (Å²) in [6.45, 7) is 4.16. The summed E-state index contributed by atoms with van der Waals surface area (Å²) in [6, 6.07) is 7.93. The van der Waals surface area contributed by atoms with E-state index in [1.165, 1.54) is 12.8 Å². The zero-order chi connectivity index (χ0) is 18.5. The smallest absolute Gasteiger partial charge is 0.260 e. The molecule has 1 aliphatic carbocycles. The third kappa shape index (κ3) is 4.37. The van der Waals surface area contributed by atoms with Crippen LogP contribution in [0.1, 0.15) is 69.2 Å². The van der Waals surface area contributed by atoms with E-state index in [9.17, 15) is 9.59 Å². The maximum Gasteiger partial charge on any atom is 0.260 e. The molecule has 2 atom stereocenters. The van der Waals surface area contributed by atoms with Crippen LogP contribution in [0.4, 0.5) is 0 Å². The van der Waals surface area contributed by atoms with Gasteiger partial charge in [0.2, 0.25) is 0 Å². The van der Waals surface area contributed by atoms with E-state index in [-0.39, 0.29) is 36.5 Å². The van der Waals surface area contributed by atoms with Gasteiger partial charge in [0.15, 0.2) is 6.61 Å². The predicted octanol–water partition coefficient (Wildman–Crippen LogP) is 3.53. The van der Waals surface area contributed by atoms with Crippen molar-refractivity contribution in [2.75, 3.05) is 6.61 Å². The van der Waals surface area contributed by atoms with Crippen LogP contribution in [-0.4, -0.2) is 41.4 Å². The minimum Gasteiger partial charge on any atom is -0.483 e. The van der Waals surface area contributed by atoms with E-state index in [4.69, 9.17) is 4.74 Å². The normalized spacial score (nSPS) is 23.7. The molecule has 1 saturated heterocycles. The van der Waals surface area contributed by atoms with Crippen LogP contribution in [0, 0.1) is 0 Å². The Hall–Kier alpha value is -2.04. The van der Waals surface area contributed by atoms with Gasteiger partial charge in [0.1, 0.15) is 5.75 Å². The summed E-state index contributed by atoms with van der Waals surface area (Å²) in [7, 11) is 0. The van der Waals surface area contributed by atoms with Crippen molar-refractivity contribution in [1.82, 2.24) is 10.2 Å². The fraction of sp³-hybridized carbons (Fsp3) is 0.619. The number of amides is 2. The van der Waals surface area contributed by atoms with E-state index in [1.807, 2.05) is 17.0 Å². The average Bonchev–Trinajstić information content (AvgIpc) is 3.13. The zero-order valence-corrected chi connectivity index (χ0v) is 15.9. The molecule has 1 aliphatic heterocycles. The second-order valence-corrected chi connectivity index (χ2v) is 7.67. The molecule has 26 heavy (non-hydrogen) atoms. The number of rotatable bonds is 5. The first kappa shape index (κ1) is 18.7. The van der Waals surface area contributed by atoms with Gasteiger partial charge in [-0.1, -0.05) is 25.0 Å². The van der Waals surface area contributed by atoms with Gasteiger partial charge < -0.3 is 15.0 Å².